The monoisotopic (exact) mass is 288 g/mol. The summed E-state index contributed by atoms with van der Waals surface area (Å²) in [6.45, 7) is -1.19. The Bertz CT molecular complexity index is 374. The van der Waals surface area contributed by atoms with Gasteiger partial charge in [-0.1, -0.05) is 23.2 Å². The third kappa shape index (κ3) is 5.95. The average molecular weight is 289 g/mol. The summed E-state index contributed by atoms with van der Waals surface area (Å²) in [7, 11) is 0. The van der Waals surface area contributed by atoms with Gasteiger partial charge < -0.3 is 10.1 Å². The number of nitrogens with zero attached hydrogens (tertiary/aromatic N) is 1. The van der Waals surface area contributed by atoms with Crippen LogP contribution in [0.1, 0.15) is 0 Å². The minimum atomic E-state index is -4.31. The van der Waals surface area contributed by atoms with Crippen LogP contribution in [0.4, 0.5) is 19.0 Å². The summed E-state index contributed by atoms with van der Waals surface area (Å²) in [6.07, 6.45) is -2.93. The summed E-state index contributed by atoms with van der Waals surface area (Å²) >= 11 is 11.4. The minimum Gasteiger partial charge on any atom is -0.370 e. The fraction of sp³-hybridized carbons (Fsp3) is 0.444. The van der Waals surface area contributed by atoms with Crippen molar-refractivity contribution in [2.45, 2.75) is 6.18 Å². The Labute approximate surface area is 106 Å². The van der Waals surface area contributed by atoms with Gasteiger partial charge in [-0.05, 0) is 6.07 Å². The first-order chi connectivity index (χ1) is 7.88. The van der Waals surface area contributed by atoms with Gasteiger partial charge in [-0.25, -0.2) is 4.98 Å². The molecular weight excluding hydrogens is 280 g/mol. The second kappa shape index (κ2) is 6.28. The van der Waals surface area contributed by atoms with Crippen LogP contribution in [0, 0.1) is 0 Å². The van der Waals surface area contributed by atoms with Gasteiger partial charge in [0, 0.05) is 12.7 Å². The molecule has 0 amide bonds. The summed E-state index contributed by atoms with van der Waals surface area (Å²) < 4.78 is 39.6. The van der Waals surface area contributed by atoms with Crippen molar-refractivity contribution in [1.82, 2.24) is 4.98 Å². The van der Waals surface area contributed by atoms with Gasteiger partial charge in [0.05, 0.1) is 16.7 Å². The molecule has 17 heavy (non-hydrogen) atoms. The first-order valence-corrected chi connectivity index (χ1v) is 5.33. The lowest BCUT2D eigenvalue weighted by molar-refractivity contribution is -0.172. The quantitative estimate of drug-likeness (QED) is 0.844. The van der Waals surface area contributed by atoms with Gasteiger partial charge in [0.2, 0.25) is 0 Å². The topological polar surface area (TPSA) is 34.1 Å². The van der Waals surface area contributed by atoms with E-state index < -0.39 is 12.8 Å². The zero-order chi connectivity index (χ0) is 12.9. The molecule has 0 aliphatic heterocycles. The maximum atomic E-state index is 11.7. The van der Waals surface area contributed by atoms with Gasteiger partial charge in [-0.2, -0.15) is 13.2 Å². The highest BCUT2D eigenvalue weighted by Gasteiger charge is 2.27. The number of rotatable bonds is 5. The molecule has 0 saturated heterocycles. The largest absolute Gasteiger partial charge is 0.411 e. The number of hydrogen-bond acceptors (Lipinski definition) is 3. The number of alkyl halides is 3. The first-order valence-electron chi connectivity index (χ1n) is 4.58. The van der Waals surface area contributed by atoms with Crippen LogP contribution in [0.15, 0.2) is 12.3 Å². The lowest BCUT2D eigenvalue weighted by atomic mass is 10.4. The van der Waals surface area contributed by atoms with Crippen LogP contribution in [0.25, 0.3) is 0 Å². The molecule has 0 bridgehead atoms. The summed E-state index contributed by atoms with van der Waals surface area (Å²) in [5.41, 5.74) is 0. The van der Waals surface area contributed by atoms with Gasteiger partial charge >= 0.3 is 6.18 Å². The van der Waals surface area contributed by atoms with E-state index in [1.54, 1.807) is 0 Å². The Balaban J connectivity index is 2.27. The highest BCUT2D eigenvalue weighted by Crippen LogP contribution is 2.22. The molecule has 1 aromatic rings. The standard InChI is InChI=1S/C9H9Cl2F3N2O/c10-6-3-7(11)8(16-4-6)15-1-2-17-5-9(12,13)14/h3-4H,1-2,5H2,(H,15,16). The molecule has 1 heterocycles. The molecule has 0 spiro atoms. The third-order valence-electron chi connectivity index (χ3n) is 1.61. The van der Waals surface area contributed by atoms with E-state index in [2.05, 4.69) is 15.0 Å². The number of ether oxygens (including phenoxy) is 1. The van der Waals surface area contributed by atoms with Crippen LogP contribution in [0.2, 0.25) is 10.0 Å². The van der Waals surface area contributed by atoms with E-state index in [0.717, 1.165) is 0 Å². The predicted octanol–water partition coefficient (Wildman–Crippen LogP) is 3.38. The molecule has 1 N–H and O–H groups in total. The van der Waals surface area contributed by atoms with E-state index in [1.807, 2.05) is 0 Å². The molecule has 0 unspecified atom stereocenters. The molecule has 96 valence electrons. The third-order valence-corrected chi connectivity index (χ3v) is 2.11. The van der Waals surface area contributed by atoms with E-state index in [9.17, 15) is 13.2 Å². The number of halogens is 5. The van der Waals surface area contributed by atoms with Crippen molar-refractivity contribution < 1.29 is 17.9 Å². The summed E-state index contributed by atoms with van der Waals surface area (Å²) in [4.78, 5) is 3.87. The fourth-order valence-electron chi connectivity index (χ4n) is 0.974. The Hall–Kier alpha value is -0.720. The molecule has 1 rings (SSSR count). The van der Waals surface area contributed by atoms with Crippen molar-refractivity contribution in [3.05, 3.63) is 22.3 Å². The van der Waals surface area contributed by atoms with Gasteiger partial charge in [-0.15, -0.1) is 0 Å². The normalized spacial score (nSPS) is 11.6. The lowest BCUT2D eigenvalue weighted by Crippen LogP contribution is -2.20. The molecular formula is C9H9Cl2F3N2O. The van der Waals surface area contributed by atoms with Crippen LogP contribution in [0.3, 0.4) is 0 Å². The number of pyridine rings is 1. The first kappa shape index (κ1) is 14.3. The molecule has 0 aliphatic carbocycles. The maximum Gasteiger partial charge on any atom is 0.411 e. The van der Waals surface area contributed by atoms with Crippen molar-refractivity contribution >= 4 is 29.0 Å². The van der Waals surface area contributed by atoms with Gasteiger partial charge in [0.15, 0.2) is 0 Å². The molecule has 1 aromatic heterocycles. The van der Waals surface area contributed by atoms with Gasteiger partial charge in [0.1, 0.15) is 12.4 Å². The molecule has 3 nitrogen and oxygen atoms in total. The van der Waals surface area contributed by atoms with Crippen LogP contribution >= 0.6 is 23.2 Å². The van der Waals surface area contributed by atoms with E-state index in [4.69, 9.17) is 23.2 Å². The number of anilines is 1. The zero-order valence-corrected chi connectivity index (χ0v) is 10.0. The number of aromatic nitrogens is 1. The SMILES string of the molecule is FC(F)(F)COCCNc1ncc(Cl)cc1Cl. The Morgan fingerprint density at radius 3 is 2.65 bits per heavy atom. The average Bonchev–Trinajstić information content (AvgIpc) is 2.18. The van der Waals surface area contributed by atoms with Crippen LogP contribution < -0.4 is 5.32 Å². The van der Waals surface area contributed by atoms with Crippen molar-refractivity contribution in [1.29, 1.82) is 0 Å². The fourth-order valence-corrected chi connectivity index (χ4v) is 1.42. The number of hydrogen-bond donors (Lipinski definition) is 1. The van der Waals surface area contributed by atoms with Gasteiger partial charge in [0.25, 0.3) is 0 Å². The predicted molar refractivity (Wildman–Crippen MR) is 59.6 cm³/mol. The van der Waals surface area contributed by atoms with E-state index in [-0.39, 0.29) is 13.2 Å². The number of nitrogens with one attached hydrogen (secondary N) is 1. The summed E-state index contributed by atoms with van der Waals surface area (Å²) in [6, 6.07) is 1.48. The molecule has 8 heteroatoms. The van der Waals surface area contributed by atoms with E-state index in [0.29, 0.717) is 15.9 Å². The molecule has 0 atom stereocenters. The summed E-state index contributed by atoms with van der Waals surface area (Å²) in [5.74, 6) is 0.353. The van der Waals surface area contributed by atoms with Crippen molar-refractivity contribution in [2.24, 2.45) is 0 Å². The molecule has 0 fully saturated rings. The molecule has 0 saturated carbocycles. The zero-order valence-electron chi connectivity index (χ0n) is 8.52. The Morgan fingerprint density at radius 1 is 1.35 bits per heavy atom. The summed E-state index contributed by atoms with van der Waals surface area (Å²) in [5, 5.41) is 3.41. The van der Waals surface area contributed by atoms with E-state index in [1.165, 1.54) is 12.3 Å². The van der Waals surface area contributed by atoms with Crippen LogP contribution in [-0.2, 0) is 4.74 Å². The van der Waals surface area contributed by atoms with Crippen molar-refractivity contribution in [3.8, 4) is 0 Å². The maximum absolute atomic E-state index is 11.7. The molecule has 0 aliphatic rings. The second-order valence-electron chi connectivity index (χ2n) is 3.08. The lowest BCUT2D eigenvalue weighted by Gasteiger charge is -2.09. The van der Waals surface area contributed by atoms with Crippen LogP contribution in [0.5, 0.6) is 0 Å². The van der Waals surface area contributed by atoms with Gasteiger partial charge in [-0.3, -0.25) is 0 Å². The van der Waals surface area contributed by atoms with Crippen molar-refractivity contribution in [3.63, 3.8) is 0 Å². The van der Waals surface area contributed by atoms with E-state index >= 15 is 0 Å². The highest BCUT2D eigenvalue weighted by molar-refractivity contribution is 6.35. The smallest absolute Gasteiger partial charge is 0.370 e. The minimum absolute atomic E-state index is 0.0971. The van der Waals surface area contributed by atoms with Crippen LogP contribution in [-0.4, -0.2) is 30.9 Å². The second-order valence-corrected chi connectivity index (χ2v) is 3.92. The Kier molecular flexibility index (Phi) is 5.30. The Morgan fingerprint density at radius 2 is 2.06 bits per heavy atom. The van der Waals surface area contributed by atoms with Crippen molar-refractivity contribution in [2.75, 3.05) is 25.1 Å². The highest BCUT2D eigenvalue weighted by atomic mass is 35.5. The molecule has 0 radical (unpaired) electrons. The molecule has 0 aromatic carbocycles.